The first kappa shape index (κ1) is 16.1. The maximum absolute atomic E-state index is 12.9. The summed E-state index contributed by atoms with van der Waals surface area (Å²) in [5, 5.41) is 3.26. The molecule has 2 N–H and O–H groups in total. The molecule has 2 heterocycles. The van der Waals surface area contributed by atoms with Gasteiger partial charge in [0.2, 0.25) is 0 Å². The molecule has 2 aliphatic rings. The third-order valence-corrected chi connectivity index (χ3v) is 5.22. The van der Waals surface area contributed by atoms with Gasteiger partial charge in [0.05, 0.1) is 10.9 Å². The van der Waals surface area contributed by atoms with E-state index in [0.717, 1.165) is 44.2 Å². The van der Waals surface area contributed by atoms with Gasteiger partial charge in [0.15, 0.2) is 5.65 Å². The van der Waals surface area contributed by atoms with Crippen LogP contribution in [0, 0.1) is 0 Å². The summed E-state index contributed by atoms with van der Waals surface area (Å²) < 4.78 is 1.43. The van der Waals surface area contributed by atoms with Crippen molar-refractivity contribution in [3.05, 3.63) is 38.2 Å². The quantitative estimate of drug-likeness (QED) is 0.883. The highest BCUT2D eigenvalue weighted by Crippen LogP contribution is 2.39. The summed E-state index contributed by atoms with van der Waals surface area (Å²) in [7, 11) is 0. The van der Waals surface area contributed by atoms with Crippen LogP contribution >= 0.6 is 0 Å². The lowest BCUT2D eigenvalue weighted by Gasteiger charge is -2.15. The molecule has 2 aromatic heterocycles. The SMILES string of the molecule is CCn1c(=O)[nH]c(=O)c2c(C(=O)NC3CCCC3)cc(C3CC3)nc21. The fourth-order valence-corrected chi connectivity index (χ4v) is 3.69. The standard InChI is InChI=1S/C18H22N4O3/c1-2-22-15-14(17(24)21-18(22)25)12(9-13(20-15)10-7-8-10)16(23)19-11-5-3-4-6-11/h9-11H,2-8H2,1H3,(H,19,23)(H,21,24,25). The van der Waals surface area contributed by atoms with Gasteiger partial charge in [0, 0.05) is 24.2 Å². The number of carbonyl (C=O) groups excluding carboxylic acids is 1. The lowest BCUT2D eigenvalue weighted by Crippen LogP contribution is -2.36. The molecule has 0 aliphatic heterocycles. The number of aromatic amines is 1. The average molecular weight is 342 g/mol. The molecule has 25 heavy (non-hydrogen) atoms. The highest BCUT2D eigenvalue weighted by molar-refractivity contribution is 6.05. The van der Waals surface area contributed by atoms with Crippen molar-refractivity contribution in [3.8, 4) is 0 Å². The minimum absolute atomic E-state index is 0.163. The number of nitrogens with zero attached hydrogens (tertiary/aromatic N) is 2. The Morgan fingerprint density at radius 3 is 2.64 bits per heavy atom. The average Bonchev–Trinajstić information content (AvgIpc) is 3.32. The molecule has 7 nitrogen and oxygen atoms in total. The molecular weight excluding hydrogens is 320 g/mol. The van der Waals surface area contributed by atoms with Crippen LogP contribution < -0.4 is 16.6 Å². The number of carbonyl (C=O) groups is 1. The molecule has 0 bridgehead atoms. The second kappa shape index (κ2) is 6.13. The third kappa shape index (κ3) is 2.88. The van der Waals surface area contributed by atoms with Crippen molar-refractivity contribution < 1.29 is 4.79 Å². The molecule has 2 fully saturated rings. The number of hydrogen-bond acceptors (Lipinski definition) is 4. The molecule has 7 heteroatoms. The summed E-state index contributed by atoms with van der Waals surface area (Å²) in [5.41, 5.74) is 0.425. The third-order valence-electron chi connectivity index (χ3n) is 5.22. The smallest absolute Gasteiger partial charge is 0.329 e. The number of aromatic nitrogens is 3. The molecular formula is C18H22N4O3. The van der Waals surface area contributed by atoms with Gasteiger partial charge in [-0.2, -0.15) is 0 Å². The van der Waals surface area contributed by atoms with E-state index < -0.39 is 11.2 Å². The molecule has 2 aliphatic carbocycles. The number of amides is 1. The molecule has 0 atom stereocenters. The minimum Gasteiger partial charge on any atom is -0.349 e. The van der Waals surface area contributed by atoms with Crippen LogP contribution in [-0.2, 0) is 6.54 Å². The van der Waals surface area contributed by atoms with Crippen molar-refractivity contribution in [1.29, 1.82) is 0 Å². The molecule has 0 aromatic carbocycles. The van der Waals surface area contributed by atoms with E-state index in [2.05, 4.69) is 15.3 Å². The first-order chi connectivity index (χ1) is 12.1. The molecule has 2 aromatic rings. The lowest BCUT2D eigenvalue weighted by molar-refractivity contribution is 0.0939. The van der Waals surface area contributed by atoms with Crippen molar-refractivity contribution in [2.75, 3.05) is 0 Å². The van der Waals surface area contributed by atoms with E-state index in [1.807, 2.05) is 6.92 Å². The Labute approximate surface area is 144 Å². The fraction of sp³-hybridized carbons (Fsp3) is 0.556. The normalized spacial score (nSPS) is 18.0. The van der Waals surface area contributed by atoms with Crippen LogP contribution in [0.2, 0.25) is 0 Å². The van der Waals surface area contributed by atoms with Gasteiger partial charge in [-0.05, 0) is 38.7 Å². The van der Waals surface area contributed by atoms with Gasteiger partial charge in [-0.3, -0.25) is 19.1 Å². The summed E-state index contributed by atoms with van der Waals surface area (Å²) in [6, 6.07) is 1.90. The first-order valence-electron chi connectivity index (χ1n) is 9.07. The Bertz CT molecular complexity index is 949. The maximum Gasteiger partial charge on any atom is 0.329 e. The first-order valence-corrected chi connectivity index (χ1v) is 9.07. The van der Waals surface area contributed by atoms with Crippen LogP contribution in [0.4, 0.5) is 0 Å². The number of nitrogens with one attached hydrogen (secondary N) is 2. The summed E-state index contributed by atoms with van der Waals surface area (Å²) in [6.45, 7) is 2.21. The van der Waals surface area contributed by atoms with Crippen LogP contribution in [0.1, 0.15) is 67.4 Å². The molecule has 0 radical (unpaired) electrons. The number of H-pyrrole nitrogens is 1. The fourth-order valence-electron chi connectivity index (χ4n) is 3.69. The lowest BCUT2D eigenvalue weighted by atomic mass is 10.1. The van der Waals surface area contributed by atoms with E-state index in [4.69, 9.17) is 0 Å². The highest BCUT2D eigenvalue weighted by Gasteiger charge is 2.29. The molecule has 0 unspecified atom stereocenters. The number of aryl methyl sites for hydroxylation is 1. The summed E-state index contributed by atoms with van der Waals surface area (Å²) in [5.74, 6) is 0.0788. The Morgan fingerprint density at radius 2 is 2.00 bits per heavy atom. The Kier molecular flexibility index (Phi) is 3.94. The summed E-state index contributed by atoms with van der Waals surface area (Å²) in [4.78, 5) is 44.3. The van der Waals surface area contributed by atoms with E-state index in [1.165, 1.54) is 4.57 Å². The second-order valence-corrected chi connectivity index (χ2v) is 7.03. The van der Waals surface area contributed by atoms with Gasteiger partial charge in [0.25, 0.3) is 11.5 Å². The van der Waals surface area contributed by atoms with E-state index in [1.54, 1.807) is 6.07 Å². The monoisotopic (exact) mass is 342 g/mol. The van der Waals surface area contributed by atoms with Gasteiger partial charge in [-0.25, -0.2) is 9.78 Å². The zero-order chi connectivity index (χ0) is 17.6. The van der Waals surface area contributed by atoms with Crippen LogP contribution in [0.5, 0.6) is 0 Å². The maximum atomic E-state index is 12.9. The molecule has 0 spiro atoms. The molecule has 4 rings (SSSR count). The zero-order valence-electron chi connectivity index (χ0n) is 14.3. The predicted octanol–water partition coefficient (Wildman–Crippen LogP) is 1.65. The van der Waals surface area contributed by atoms with Gasteiger partial charge in [-0.1, -0.05) is 12.8 Å². The minimum atomic E-state index is -0.545. The van der Waals surface area contributed by atoms with Crippen molar-refractivity contribution in [2.24, 2.45) is 0 Å². The van der Waals surface area contributed by atoms with Crippen molar-refractivity contribution in [1.82, 2.24) is 19.9 Å². The van der Waals surface area contributed by atoms with E-state index in [0.29, 0.717) is 23.7 Å². The Morgan fingerprint density at radius 1 is 1.28 bits per heavy atom. The van der Waals surface area contributed by atoms with Crippen LogP contribution in [-0.4, -0.2) is 26.5 Å². The molecule has 0 saturated heterocycles. The van der Waals surface area contributed by atoms with Gasteiger partial charge in [-0.15, -0.1) is 0 Å². The number of fused-ring (bicyclic) bond motifs is 1. The highest BCUT2D eigenvalue weighted by atomic mass is 16.2. The van der Waals surface area contributed by atoms with Crippen molar-refractivity contribution >= 4 is 16.9 Å². The van der Waals surface area contributed by atoms with Gasteiger partial charge in [0.1, 0.15) is 0 Å². The van der Waals surface area contributed by atoms with E-state index >= 15 is 0 Å². The number of pyridine rings is 1. The van der Waals surface area contributed by atoms with E-state index in [9.17, 15) is 14.4 Å². The zero-order valence-corrected chi connectivity index (χ0v) is 14.3. The Balaban J connectivity index is 1.90. The van der Waals surface area contributed by atoms with Crippen LogP contribution in [0.25, 0.3) is 11.0 Å². The predicted molar refractivity (Wildman–Crippen MR) is 94.0 cm³/mol. The second-order valence-electron chi connectivity index (χ2n) is 7.03. The van der Waals surface area contributed by atoms with Crippen LogP contribution in [0.3, 0.4) is 0 Å². The number of hydrogen-bond donors (Lipinski definition) is 2. The summed E-state index contributed by atoms with van der Waals surface area (Å²) >= 11 is 0. The molecule has 132 valence electrons. The van der Waals surface area contributed by atoms with Gasteiger partial charge < -0.3 is 5.32 Å². The summed E-state index contributed by atoms with van der Waals surface area (Å²) in [6.07, 6.45) is 6.24. The van der Waals surface area contributed by atoms with Gasteiger partial charge >= 0.3 is 5.69 Å². The molecule has 1 amide bonds. The molecule has 2 saturated carbocycles. The van der Waals surface area contributed by atoms with Crippen molar-refractivity contribution in [3.63, 3.8) is 0 Å². The van der Waals surface area contributed by atoms with E-state index in [-0.39, 0.29) is 17.3 Å². The van der Waals surface area contributed by atoms with Crippen molar-refractivity contribution in [2.45, 2.75) is 64.0 Å². The Hall–Kier alpha value is -2.44. The largest absolute Gasteiger partial charge is 0.349 e. The topological polar surface area (TPSA) is 96.9 Å². The van der Waals surface area contributed by atoms with Crippen LogP contribution in [0.15, 0.2) is 15.7 Å². The number of rotatable bonds is 4.